The Balaban J connectivity index is 2.16. The Hall–Kier alpha value is -3.42. The molecular formula is C38H60O18. The van der Waals surface area contributed by atoms with Crippen LogP contribution in [0.15, 0.2) is 0 Å². The van der Waals surface area contributed by atoms with Gasteiger partial charge in [0.25, 0.3) is 5.79 Å². The van der Waals surface area contributed by atoms with Gasteiger partial charge in [0, 0.05) is 58.8 Å². The van der Waals surface area contributed by atoms with Crippen LogP contribution in [0, 0.1) is 29.6 Å². The highest BCUT2D eigenvalue weighted by Gasteiger charge is 2.59. The molecule has 320 valence electrons. The molecule has 16 atom stereocenters. The van der Waals surface area contributed by atoms with Crippen LogP contribution in [-0.2, 0) is 80.9 Å². The van der Waals surface area contributed by atoms with Gasteiger partial charge in [0.15, 0.2) is 24.8 Å². The summed E-state index contributed by atoms with van der Waals surface area (Å²) >= 11 is 0. The SMILES string of the molecule is CC[C@@H](OC(C)=O)[C@@H](C)[C@@H]1O[C@@](O[C@@H]2C(OC(C)=O)[C@H](O[C@H]3C(C)C(OC(C)=O)C(O)O[C@@H]3COC(C)=O)OC(COC(C)=O)[C@@H]2C)(C(=O)OC)CC(C)[C@@H]1C. The quantitative estimate of drug-likeness (QED) is 0.185. The number of ether oxygens (including phenoxy) is 11. The molecule has 0 radical (unpaired) electrons. The van der Waals surface area contributed by atoms with Crippen LogP contribution in [0.5, 0.6) is 0 Å². The molecule has 3 aliphatic rings. The van der Waals surface area contributed by atoms with Crippen molar-refractivity contribution in [1.29, 1.82) is 0 Å². The lowest BCUT2D eigenvalue weighted by atomic mass is 9.76. The first-order valence-electron chi connectivity index (χ1n) is 19.0. The molecule has 3 fully saturated rings. The second-order valence-electron chi connectivity index (χ2n) is 15.0. The third kappa shape index (κ3) is 11.6. The summed E-state index contributed by atoms with van der Waals surface area (Å²) in [6.07, 6.45) is -11.2. The molecule has 6 unspecified atom stereocenters. The van der Waals surface area contributed by atoms with E-state index in [0.29, 0.717) is 6.42 Å². The van der Waals surface area contributed by atoms with Crippen molar-refractivity contribution >= 4 is 35.8 Å². The monoisotopic (exact) mass is 804 g/mol. The maximum absolute atomic E-state index is 14.0. The fraction of sp³-hybridized carbons (Fsp3) is 0.842. The van der Waals surface area contributed by atoms with E-state index in [4.69, 9.17) is 52.1 Å². The molecule has 3 saturated heterocycles. The molecule has 0 saturated carbocycles. The Kier molecular flexibility index (Phi) is 17.0. The Morgan fingerprint density at radius 2 is 1.30 bits per heavy atom. The van der Waals surface area contributed by atoms with Crippen molar-refractivity contribution in [2.24, 2.45) is 29.6 Å². The first kappa shape index (κ1) is 47.0. The van der Waals surface area contributed by atoms with Crippen molar-refractivity contribution in [3.8, 4) is 0 Å². The van der Waals surface area contributed by atoms with Gasteiger partial charge in [-0.1, -0.05) is 41.5 Å². The number of methoxy groups -OCH3 is 1. The van der Waals surface area contributed by atoms with Crippen LogP contribution in [0.1, 0.15) is 89.0 Å². The minimum absolute atomic E-state index is 0.00529. The lowest BCUT2D eigenvalue weighted by molar-refractivity contribution is -0.376. The predicted molar refractivity (Wildman–Crippen MR) is 190 cm³/mol. The summed E-state index contributed by atoms with van der Waals surface area (Å²) in [6.45, 7) is 16.2. The molecule has 18 nitrogen and oxygen atoms in total. The van der Waals surface area contributed by atoms with Gasteiger partial charge in [-0.05, 0) is 18.3 Å². The minimum atomic E-state index is -2.09. The van der Waals surface area contributed by atoms with Gasteiger partial charge < -0.3 is 57.2 Å². The molecular weight excluding hydrogens is 744 g/mol. The second-order valence-corrected chi connectivity index (χ2v) is 15.0. The average Bonchev–Trinajstić information content (AvgIpc) is 3.11. The Labute approximate surface area is 327 Å². The van der Waals surface area contributed by atoms with Crippen LogP contribution in [0.3, 0.4) is 0 Å². The van der Waals surface area contributed by atoms with Gasteiger partial charge in [-0.3, -0.25) is 24.0 Å². The summed E-state index contributed by atoms with van der Waals surface area (Å²) in [5.74, 6) is -8.62. The molecule has 18 heteroatoms. The van der Waals surface area contributed by atoms with Gasteiger partial charge in [0.05, 0.1) is 19.3 Å². The average molecular weight is 805 g/mol. The van der Waals surface area contributed by atoms with Gasteiger partial charge in [0.1, 0.15) is 37.6 Å². The number of aliphatic hydroxyl groups excluding tert-OH is 1. The first-order chi connectivity index (χ1) is 26.2. The maximum Gasteiger partial charge on any atom is 0.366 e. The van der Waals surface area contributed by atoms with E-state index in [1.54, 1.807) is 13.8 Å². The largest absolute Gasteiger partial charge is 0.465 e. The van der Waals surface area contributed by atoms with Gasteiger partial charge in [0.2, 0.25) is 0 Å². The van der Waals surface area contributed by atoms with Crippen LogP contribution < -0.4 is 0 Å². The third-order valence-electron chi connectivity index (χ3n) is 10.8. The Bertz CT molecular complexity index is 1390. The summed E-state index contributed by atoms with van der Waals surface area (Å²) in [4.78, 5) is 74.7. The number of carbonyl (C=O) groups excluding carboxylic acids is 6. The minimum Gasteiger partial charge on any atom is -0.465 e. The van der Waals surface area contributed by atoms with E-state index < -0.39 is 127 Å². The van der Waals surface area contributed by atoms with Gasteiger partial charge in [-0.25, -0.2) is 4.79 Å². The van der Waals surface area contributed by atoms with E-state index in [0.717, 1.165) is 13.8 Å². The molecule has 0 aromatic heterocycles. The van der Waals surface area contributed by atoms with Crippen LogP contribution in [0.4, 0.5) is 0 Å². The zero-order valence-corrected chi connectivity index (χ0v) is 34.4. The molecule has 56 heavy (non-hydrogen) atoms. The number of hydrogen-bond donors (Lipinski definition) is 1. The smallest absolute Gasteiger partial charge is 0.366 e. The third-order valence-corrected chi connectivity index (χ3v) is 10.8. The molecule has 0 bridgehead atoms. The van der Waals surface area contributed by atoms with E-state index in [1.807, 2.05) is 27.7 Å². The summed E-state index contributed by atoms with van der Waals surface area (Å²) in [7, 11) is 1.18. The molecule has 0 spiro atoms. The first-order valence-corrected chi connectivity index (χ1v) is 19.0. The summed E-state index contributed by atoms with van der Waals surface area (Å²) in [5, 5.41) is 10.8. The topological polar surface area (TPSA) is 224 Å². The molecule has 3 heterocycles. The van der Waals surface area contributed by atoms with E-state index >= 15 is 0 Å². The van der Waals surface area contributed by atoms with Crippen molar-refractivity contribution in [3.63, 3.8) is 0 Å². The van der Waals surface area contributed by atoms with Crippen LogP contribution in [0.2, 0.25) is 0 Å². The highest BCUT2D eigenvalue weighted by Crippen LogP contribution is 2.45. The molecule has 0 amide bonds. The zero-order chi connectivity index (χ0) is 42.2. The number of rotatable bonds is 15. The van der Waals surface area contributed by atoms with Crippen LogP contribution in [0.25, 0.3) is 0 Å². The van der Waals surface area contributed by atoms with Crippen molar-refractivity contribution in [2.45, 2.75) is 156 Å². The predicted octanol–water partition coefficient (Wildman–Crippen LogP) is 2.37. The van der Waals surface area contributed by atoms with Crippen LogP contribution >= 0.6 is 0 Å². The number of aliphatic hydroxyl groups is 1. The summed E-state index contributed by atoms with van der Waals surface area (Å²) in [6, 6.07) is 0. The fourth-order valence-corrected chi connectivity index (χ4v) is 7.72. The number of carbonyl (C=O) groups is 6. The standard InChI is InChI=1S/C38H60O18/c1-13-27(49-24(9)41)19(4)30-18(3)17(2)14-38(55-30,37(45)46-12)56-32-20(5)28(15-47-22(7)39)53-36(34(32)51-26(11)43)54-31-21(6)33(50-25(10)42)35(44)52-29(31)16-48-23(8)40/h17-21,27-36,44H,13-16H2,1-12H3/t17?,18-,19+,20-,21?,27+,28?,29+,30+,31-,32-,33?,34?,35?,36-,38-/m0/s1. The van der Waals surface area contributed by atoms with Gasteiger partial charge in [-0.15, -0.1) is 0 Å². The van der Waals surface area contributed by atoms with Crippen molar-refractivity contribution in [1.82, 2.24) is 0 Å². The molecule has 0 aliphatic carbocycles. The Morgan fingerprint density at radius 1 is 0.732 bits per heavy atom. The van der Waals surface area contributed by atoms with E-state index in [-0.39, 0.29) is 24.9 Å². The Morgan fingerprint density at radius 3 is 1.82 bits per heavy atom. The highest BCUT2D eigenvalue weighted by molar-refractivity contribution is 5.78. The second kappa shape index (κ2) is 20.3. The maximum atomic E-state index is 14.0. The summed E-state index contributed by atoms with van der Waals surface area (Å²) < 4.78 is 64.8. The molecule has 3 aliphatic heterocycles. The lowest BCUT2D eigenvalue weighted by Crippen LogP contribution is -2.66. The molecule has 1 N–H and O–H groups in total. The molecule has 0 aromatic carbocycles. The molecule has 3 rings (SSSR count). The lowest BCUT2D eigenvalue weighted by Gasteiger charge is -2.52. The van der Waals surface area contributed by atoms with Gasteiger partial charge >= 0.3 is 35.8 Å². The fourth-order valence-electron chi connectivity index (χ4n) is 7.72. The van der Waals surface area contributed by atoms with Crippen LogP contribution in [-0.4, -0.2) is 128 Å². The van der Waals surface area contributed by atoms with Crippen molar-refractivity contribution in [3.05, 3.63) is 0 Å². The highest BCUT2D eigenvalue weighted by atomic mass is 16.8. The molecule has 0 aromatic rings. The van der Waals surface area contributed by atoms with Crippen molar-refractivity contribution < 1.29 is 86.0 Å². The normalized spacial score (nSPS) is 36.9. The van der Waals surface area contributed by atoms with E-state index in [9.17, 15) is 33.9 Å². The number of esters is 6. The zero-order valence-electron chi connectivity index (χ0n) is 34.4. The summed E-state index contributed by atoms with van der Waals surface area (Å²) in [5.41, 5.74) is 0. The number of hydrogen-bond acceptors (Lipinski definition) is 18. The van der Waals surface area contributed by atoms with Gasteiger partial charge in [-0.2, -0.15) is 0 Å². The van der Waals surface area contributed by atoms with E-state index in [1.165, 1.54) is 27.9 Å². The van der Waals surface area contributed by atoms with Crippen molar-refractivity contribution in [2.75, 3.05) is 20.3 Å². The van der Waals surface area contributed by atoms with E-state index in [2.05, 4.69) is 0 Å².